The first-order valence-electron chi connectivity index (χ1n) is 6.30. The summed E-state index contributed by atoms with van der Waals surface area (Å²) in [4.78, 5) is 24.5. The van der Waals surface area contributed by atoms with Gasteiger partial charge in [-0.15, -0.1) is 0 Å². The van der Waals surface area contributed by atoms with Gasteiger partial charge in [-0.2, -0.15) is 0 Å². The van der Waals surface area contributed by atoms with Crippen molar-refractivity contribution in [1.82, 2.24) is 4.90 Å². The molecule has 5 nitrogen and oxygen atoms in total. The minimum Gasteiger partial charge on any atom is -0.480 e. The third kappa shape index (κ3) is 4.34. The first-order chi connectivity index (χ1) is 8.02. The van der Waals surface area contributed by atoms with Crippen molar-refractivity contribution in [2.24, 2.45) is 5.73 Å². The molecule has 0 saturated carbocycles. The van der Waals surface area contributed by atoms with E-state index in [0.29, 0.717) is 19.4 Å². The third-order valence-corrected chi connectivity index (χ3v) is 3.16. The van der Waals surface area contributed by atoms with Gasteiger partial charge in [0.05, 0.1) is 0 Å². The van der Waals surface area contributed by atoms with Gasteiger partial charge < -0.3 is 15.7 Å². The second-order valence-corrected chi connectivity index (χ2v) is 4.81. The fraction of sp³-hybridized carbons (Fsp3) is 0.833. The molecule has 1 amide bonds. The summed E-state index contributed by atoms with van der Waals surface area (Å²) in [7, 11) is 0. The van der Waals surface area contributed by atoms with Crippen molar-refractivity contribution in [3.05, 3.63) is 0 Å². The Morgan fingerprint density at radius 1 is 1.47 bits per heavy atom. The topological polar surface area (TPSA) is 83.6 Å². The Hall–Kier alpha value is -1.10. The SMILES string of the molecule is CC(N)CCCC(=O)N1CCCC[C@H]1C(=O)O. The van der Waals surface area contributed by atoms with Crippen molar-refractivity contribution in [2.75, 3.05) is 6.54 Å². The standard InChI is InChI=1S/C12H22N2O3/c1-9(13)5-4-7-11(15)14-8-3-2-6-10(14)12(16)17/h9-10H,2-8,13H2,1H3,(H,16,17)/t9?,10-/m0/s1. The average molecular weight is 242 g/mol. The normalized spacial score (nSPS) is 22.2. The number of hydrogen-bond donors (Lipinski definition) is 2. The fourth-order valence-corrected chi connectivity index (χ4v) is 2.21. The van der Waals surface area contributed by atoms with Gasteiger partial charge in [-0.3, -0.25) is 4.79 Å². The Morgan fingerprint density at radius 3 is 2.76 bits per heavy atom. The fourth-order valence-electron chi connectivity index (χ4n) is 2.21. The lowest BCUT2D eigenvalue weighted by Crippen LogP contribution is -2.47. The second-order valence-electron chi connectivity index (χ2n) is 4.81. The minimum atomic E-state index is -0.884. The first-order valence-corrected chi connectivity index (χ1v) is 6.30. The summed E-state index contributed by atoms with van der Waals surface area (Å²) in [5, 5.41) is 9.06. The molecule has 1 unspecified atom stereocenters. The summed E-state index contributed by atoms with van der Waals surface area (Å²) in [6.07, 6.45) is 4.32. The predicted octanol–water partition coefficient (Wildman–Crippen LogP) is 0.970. The van der Waals surface area contributed by atoms with Crippen molar-refractivity contribution in [3.8, 4) is 0 Å². The van der Waals surface area contributed by atoms with Gasteiger partial charge >= 0.3 is 5.97 Å². The molecule has 0 spiro atoms. The molecule has 0 radical (unpaired) electrons. The van der Waals surface area contributed by atoms with Crippen molar-refractivity contribution in [2.45, 2.75) is 57.5 Å². The minimum absolute atomic E-state index is 0.0437. The number of aliphatic carboxylic acids is 1. The predicted molar refractivity (Wildman–Crippen MR) is 64.5 cm³/mol. The van der Waals surface area contributed by atoms with Crippen molar-refractivity contribution in [1.29, 1.82) is 0 Å². The van der Waals surface area contributed by atoms with Crippen LogP contribution in [0.25, 0.3) is 0 Å². The highest BCUT2D eigenvalue weighted by molar-refractivity contribution is 5.83. The van der Waals surface area contributed by atoms with Gasteiger partial charge in [0.1, 0.15) is 6.04 Å². The van der Waals surface area contributed by atoms with Crippen molar-refractivity contribution >= 4 is 11.9 Å². The van der Waals surface area contributed by atoms with E-state index in [-0.39, 0.29) is 11.9 Å². The molecule has 17 heavy (non-hydrogen) atoms. The lowest BCUT2D eigenvalue weighted by Gasteiger charge is -2.33. The molecule has 1 fully saturated rings. The van der Waals surface area contributed by atoms with E-state index in [0.717, 1.165) is 25.7 Å². The van der Waals surface area contributed by atoms with Crippen molar-refractivity contribution in [3.63, 3.8) is 0 Å². The van der Waals surface area contributed by atoms with Crippen LogP contribution in [-0.2, 0) is 9.59 Å². The van der Waals surface area contributed by atoms with E-state index >= 15 is 0 Å². The maximum atomic E-state index is 11.9. The van der Waals surface area contributed by atoms with E-state index in [1.165, 1.54) is 4.90 Å². The number of carbonyl (C=O) groups is 2. The monoisotopic (exact) mass is 242 g/mol. The molecule has 1 heterocycles. The number of nitrogens with two attached hydrogens (primary N) is 1. The van der Waals surface area contributed by atoms with E-state index in [9.17, 15) is 9.59 Å². The molecular weight excluding hydrogens is 220 g/mol. The molecule has 0 aromatic carbocycles. The number of hydrogen-bond acceptors (Lipinski definition) is 3. The molecule has 0 aromatic heterocycles. The molecule has 1 aliphatic rings. The number of piperidine rings is 1. The average Bonchev–Trinajstić information content (AvgIpc) is 2.28. The number of nitrogens with zero attached hydrogens (tertiary/aromatic N) is 1. The molecule has 0 aromatic rings. The van der Waals surface area contributed by atoms with E-state index in [1.807, 2.05) is 6.92 Å². The Morgan fingerprint density at radius 2 is 2.18 bits per heavy atom. The zero-order chi connectivity index (χ0) is 12.8. The Kier molecular flexibility index (Phi) is 5.41. The van der Waals surface area contributed by atoms with Crippen LogP contribution in [0.15, 0.2) is 0 Å². The summed E-state index contributed by atoms with van der Waals surface area (Å²) in [5.74, 6) is -0.928. The van der Waals surface area contributed by atoms with Crippen LogP contribution in [0, 0.1) is 0 Å². The smallest absolute Gasteiger partial charge is 0.326 e. The zero-order valence-electron chi connectivity index (χ0n) is 10.4. The van der Waals surface area contributed by atoms with Gasteiger partial charge in [0.25, 0.3) is 0 Å². The highest BCUT2D eigenvalue weighted by Crippen LogP contribution is 2.18. The summed E-state index contributed by atoms with van der Waals surface area (Å²) in [5.41, 5.74) is 5.61. The lowest BCUT2D eigenvalue weighted by atomic mass is 10.0. The molecule has 1 rings (SSSR count). The Balaban J connectivity index is 2.45. The van der Waals surface area contributed by atoms with Crippen LogP contribution in [0.5, 0.6) is 0 Å². The zero-order valence-corrected chi connectivity index (χ0v) is 10.4. The molecule has 1 aliphatic heterocycles. The summed E-state index contributed by atoms with van der Waals surface area (Å²) in [6.45, 7) is 2.49. The molecule has 1 saturated heterocycles. The molecule has 98 valence electrons. The van der Waals surface area contributed by atoms with Gasteiger partial charge in [-0.25, -0.2) is 4.79 Å². The summed E-state index contributed by atoms with van der Waals surface area (Å²) < 4.78 is 0. The highest BCUT2D eigenvalue weighted by atomic mass is 16.4. The Bertz CT molecular complexity index is 279. The number of carboxylic acid groups (broad SMARTS) is 1. The number of rotatable bonds is 5. The highest BCUT2D eigenvalue weighted by Gasteiger charge is 2.31. The van der Waals surface area contributed by atoms with Crippen LogP contribution < -0.4 is 5.73 Å². The maximum Gasteiger partial charge on any atom is 0.326 e. The molecular formula is C12H22N2O3. The third-order valence-electron chi connectivity index (χ3n) is 3.16. The van der Waals surface area contributed by atoms with E-state index < -0.39 is 12.0 Å². The second kappa shape index (κ2) is 6.59. The van der Waals surface area contributed by atoms with Crippen molar-refractivity contribution < 1.29 is 14.7 Å². The quantitative estimate of drug-likeness (QED) is 0.752. The van der Waals surface area contributed by atoms with E-state index in [4.69, 9.17) is 10.8 Å². The van der Waals surface area contributed by atoms with E-state index in [1.54, 1.807) is 0 Å². The van der Waals surface area contributed by atoms with Gasteiger partial charge in [-0.1, -0.05) is 0 Å². The maximum absolute atomic E-state index is 11.9. The van der Waals surface area contributed by atoms with E-state index in [2.05, 4.69) is 0 Å². The van der Waals surface area contributed by atoms with Crippen LogP contribution in [-0.4, -0.2) is 40.5 Å². The van der Waals surface area contributed by atoms with Crippen LogP contribution >= 0.6 is 0 Å². The number of carbonyl (C=O) groups excluding carboxylic acids is 1. The largest absolute Gasteiger partial charge is 0.480 e. The molecule has 5 heteroatoms. The number of amides is 1. The number of likely N-dealkylation sites (tertiary alicyclic amines) is 1. The molecule has 3 N–H and O–H groups in total. The van der Waals surface area contributed by atoms with Gasteiger partial charge in [0.2, 0.25) is 5.91 Å². The number of carboxylic acids is 1. The summed E-state index contributed by atoms with van der Waals surface area (Å²) >= 11 is 0. The van der Waals surface area contributed by atoms with Crippen LogP contribution in [0.1, 0.15) is 45.4 Å². The molecule has 0 aliphatic carbocycles. The molecule has 0 bridgehead atoms. The van der Waals surface area contributed by atoms with Gasteiger partial charge in [0.15, 0.2) is 0 Å². The summed E-state index contributed by atoms with van der Waals surface area (Å²) in [6, 6.07) is -0.522. The lowest BCUT2D eigenvalue weighted by molar-refractivity contribution is -0.152. The van der Waals surface area contributed by atoms with Gasteiger partial charge in [0, 0.05) is 19.0 Å². The molecule has 2 atom stereocenters. The van der Waals surface area contributed by atoms with Crippen LogP contribution in [0.3, 0.4) is 0 Å². The first kappa shape index (κ1) is 14.0. The Labute approximate surface area is 102 Å². The van der Waals surface area contributed by atoms with Gasteiger partial charge in [-0.05, 0) is 39.0 Å². The van der Waals surface area contributed by atoms with Crippen LogP contribution in [0.4, 0.5) is 0 Å². The van der Waals surface area contributed by atoms with Crippen LogP contribution in [0.2, 0.25) is 0 Å².